The van der Waals surface area contributed by atoms with Crippen LogP contribution in [-0.4, -0.2) is 41.3 Å². The van der Waals surface area contributed by atoms with Crippen molar-refractivity contribution >= 4 is 11.8 Å². The molecule has 0 N–H and O–H groups in total. The molecule has 36 heavy (non-hydrogen) atoms. The first-order chi connectivity index (χ1) is 17.1. The average Bonchev–Trinajstić information content (AvgIpc) is 2.87. The van der Waals surface area contributed by atoms with Crippen molar-refractivity contribution in [2.45, 2.75) is 52.8 Å². The van der Waals surface area contributed by atoms with Crippen LogP contribution < -0.4 is 4.74 Å². The van der Waals surface area contributed by atoms with Crippen LogP contribution in [0.3, 0.4) is 0 Å². The molecule has 0 saturated carbocycles. The lowest BCUT2D eigenvalue weighted by Crippen LogP contribution is -2.45. The predicted molar refractivity (Wildman–Crippen MR) is 143 cm³/mol. The molecule has 1 aliphatic rings. The number of amides is 2. The van der Waals surface area contributed by atoms with Gasteiger partial charge >= 0.3 is 0 Å². The highest BCUT2D eigenvalue weighted by atomic mass is 16.5. The Morgan fingerprint density at radius 2 is 1.64 bits per heavy atom. The van der Waals surface area contributed by atoms with Gasteiger partial charge in [0.25, 0.3) is 5.91 Å². The number of carbonyl (C=O) groups excluding carboxylic acids is 2. The molecule has 0 fully saturated rings. The second kappa shape index (κ2) is 10.6. The number of carbonyl (C=O) groups is 2. The van der Waals surface area contributed by atoms with E-state index >= 15 is 0 Å². The van der Waals surface area contributed by atoms with Crippen molar-refractivity contribution in [2.24, 2.45) is 5.41 Å². The minimum Gasteiger partial charge on any atom is -0.481 e. The summed E-state index contributed by atoms with van der Waals surface area (Å²) in [7, 11) is 1.80. The van der Waals surface area contributed by atoms with Crippen LogP contribution in [0.4, 0.5) is 0 Å². The molecule has 2 atom stereocenters. The SMILES string of the molecule is CC(Oc1ccc2c(c1)C(c1ccccc1)N(C(=O)C(C)(C)C)CC2)C(=O)N(C)Cc1ccccc1. The minimum atomic E-state index is -0.636. The zero-order valence-electron chi connectivity index (χ0n) is 21.9. The smallest absolute Gasteiger partial charge is 0.263 e. The summed E-state index contributed by atoms with van der Waals surface area (Å²) in [6, 6.07) is 25.9. The Kier molecular flexibility index (Phi) is 7.48. The summed E-state index contributed by atoms with van der Waals surface area (Å²) in [6.45, 7) is 8.87. The Labute approximate surface area is 214 Å². The molecule has 5 nitrogen and oxygen atoms in total. The third kappa shape index (κ3) is 5.62. The molecule has 3 aromatic carbocycles. The van der Waals surface area contributed by atoms with Crippen LogP contribution in [0.15, 0.2) is 78.9 Å². The molecule has 4 rings (SSSR count). The third-order valence-electron chi connectivity index (χ3n) is 6.66. The highest BCUT2D eigenvalue weighted by Gasteiger charge is 2.37. The molecule has 0 aromatic heterocycles. The van der Waals surface area contributed by atoms with Gasteiger partial charge in [0, 0.05) is 25.6 Å². The number of likely N-dealkylation sites (N-methyl/N-ethyl adjacent to an activating group) is 1. The van der Waals surface area contributed by atoms with E-state index in [1.165, 1.54) is 5.56 Å². The Morgan fingerprint density at radius 3 is 2.28 bits per heavy atom. The third-order valence-corrected chi connectivity index (χ3v) is 6.66. The fourth-order valence-electron chi connectivity index (χ4n) is 4.81. The first kappa shape index (κ1) is 25.5. The van der Waals surface area contributed by atoms with Crippen LogP contribution in [0, 0.1) is 5.41 Å². The summed E-state index contributed by atoms with van der Waals surface area (Å²) in [5.41, 5.74) is 3.92. The van der Waals surface area contributed by atoms with Crippen LogP contribution in [-0.2, 0) is 22.6 Å². The Balaban J connectivity index is 1.59. The van der Waals surface area contributed by atoms with Crippen molar-refractivity contribution in [3.05, 3.63) is 101 Å². The average molecular weight is 485 g/mol. The molecule has 5 heteroatoms. The second-order valence-electron chi connectivity index (χ2n) is 10.6. The largest absolute Gasteiger partial charge is 0.481 e. The van der Waals surface area contributed by atoms with Crippen LogP contribution in [0.2, 0.25) is 0 Å². The maximum Gasteiger partial charge on any atom is 0.263 e. The van der Waals surface area contributed by atoms with Gasteiger partial charge in [-0.1, -0.05) is 87.5 Å². The highest BCUT2D eigenvalue weighted by Crippen LogP contribution is 2.39. The number of rotatable bonds is 6. The molecule has 1 aliphatic heterocycles. The van der Waals surface area contributed by atoms with Crippen molar-refractivity contribution in [1.82, 2.24) is 9.80 Å². The molecular formula is C31H36N2O3. The molecule has 2 unspecified atom stereocenters. The summed E-state index contributed by atoms with van der Waals surface area (Å²) >= 11 is 0. The highest BCUT2D eigenvalue weighted by molar-refractivity contribution is 5.83. The van der Waals surface area contributed by atoms with E-state index in [9.17, 15) is 9.59 Å². The van der Waals surface area contributed by atoms with Gasteiger partial charge in [-0.2, -0.15) is 0 Å². The van der Waals surface area contributed by atoms with E-state index in [0.29, 0.717) is 18.8 Å². The molecular weight excluding hydrogens is 448 g/mol. The maximum atomic E-state index is 13.4. The van der Waals surface area contributed by atoms with E-state index < -0.39 is 11.5 Å². The second-order valence-corrected chi connectivity index (χ2v) is 10.6. The number of hydrogen-bond donors (Lipinski definition) is 0. The number of hydrogen-bond acceptors (Lipinski definition) is 3. The predicted octanol–water partition coefficient (Wildman–Crippen LogP) is 5.63. The van der Waals surface area contributed by atoms with Crippen molar-refractivity contribution in [3.63, 3.8) is 0 Å². The summed E-state index contributed by atoms with van der Waals surface area (Å²) < 4.78 is 6.15. The number of fused-ring (bicyclic) bond motifs is 1. The minimum absolute atomic E-state index is 0.0827. The fourth-order valence-corrected chi connectivity index (χ4v) is 4.81. The molecule has 0 spiro atoms. The van der Waals surface area contributed by atoms with Crippen molar-refractivity contribution in [1.29, 1.82) is 0 Å². The summed E-state index contributed by atoms with van der Waals surface area (Å²) in [5.74, 6) is 0.675. The molecule has 0 aliphatic carbocycles. The van der Waals surface area contributed by atoms with E-state index in [4.69, 9.17) is 4.74 Å². The van der Waals surface area contributed by atoms with Crippen LogP contribution >= 0.6 is 0 Å². The fraction of sp³-hybridized carbons (Fsp3) is 0.355. The van der Waals surface area contributed by atoms with E-state index in [1.54, 1.807) is 18.9 Å². The number of nitrogens with zero attached hydrogens (tertiary/aromatic N) is 2. The Bertz CT molecular complexity index is 1200. The maximum absolute atomic E-state index is 13.4. The van der Waals surface area contributed by atoms with Crippen LogP contribution in [0.5, 0.6) is 5.75 Å². The molecule has 0 saturated heterocycles. The van der Waals surface area contributed by atoms with Gasteiger partial charge < -0.3 is 14.5 Å². The standard InChI is InChI=1S/C31H36N2O3/c1-22(29(34)32(5)21-23-12-8-6-9-13-23)36-26-17-16-24-18-19-33(30(35)31(2,3)4)28(27(24)20-26)25-14-10-7-11-15-25/h6-17,20,22,28H,18-19,21H2,1-5H3. The van der Waals surface area contributed by atoms with Gasteiger partial charge in [0.15, 0.2) is 6.10 Å². The number of ether oxygens (including phenoxy) is 1. The van der Waals surface area contributed by atoms with Crippen LogP contribution in [0.25, 0.3) is 0 Å². The summed E-state index contributed by atoms with van der Waals surface area (Å²) in [6.07, 6.45) is 0.151. The molecule has 3 aromatic rings. The molecule has 0 radical (unpaired) electrons. The van der Waals surface area contributed by atoms with Gasteiger partial charge in [0.1, 0.15) is 5.75 Å². The number of benzene rings is 3. The zero-order valence-corrected chi connectivity index (χ0v) is 21.9. The zero-order chi connectivity index (χ0) is 25.9. The van der Waals surface area contributed by atoms with Crippen molar-refractivity contribution < 1.29 is 14.3 Å². The van der Waals surface area contributed by atoms with Crippen molar-refractivity contribution in [2.75, 3.05) is 13.6 Å². The lowest BCUT2D eigenvalue weighted by molar-refractivity contribution is -0.141. The first-order valence-electron chi connectivity index (χ1n) is 12.6. The summed E-state index contributed by atoms with van der Waals surface area (Å²) in [4.78, 5) is 30.1. The van der Waals surface area contributed by atoms with E-state index in [2.05, 4.69) is 18.2 Å². The molecule has 188 valence electrons. The van der Waals surface area contributed by atoms with E-state index in [-0.39, 0.29) is 17.9 Å². The Morgan fingerprint density at radius 1 is 1.00 bits per heavy atom. The van der Waals surface area contributed by atoms with Crippen LogP contribution in [0.1, 0.15) is 56.0 Å². The monoisotopic (exact) mass is 484 g/mol. The van der Waals surface area contributed by atoms with Crippen molar-refractivity contribution in [3.8, 4) is 5.75 Å². The van der Waals surface area contributed by atoms with Gasteiger partial charge in [-0.3, -0.25) is 9.59 Å². The lowest BCUT2D eigenvalue weighted by Gasteiger charge is -2.41. The summed E-state index contributed by atoms with van der Waals surface area (Å²) in [5, 5.41) is 0. The first-order valence-corrected chi connectivity index (χ1v) is 12.6. The van der Waals surface area contributed by atoms with Gasteiger partial charge in [-0.15, -0.1) is 0 Å². The van der Waals surface area contributed by atoms with Gasteiger partial charge in [0.2, 0.25) is 5.91 Å². The van der Waals surface area contributed by atoms with Gasteiger partial charge in [-0.05, 0) is 47.7 Å². The normalized spacial score (nSPS) is 16.1. The molecule has 2 amide bonds. The van der Waals surface area contributed by atoms with Gasteiger partial charge in [-0.25, -0.2) is 0 Å². The van der Waals surface area contributed by atoms with E-state index in [0.717, 1.165) is 23.1 Å². The molecule has 1 heterocycles. The Hall–Kier alpha value is -3.60. The quantitative estimate of drug-likeness (QED) is 0.455. The lowest BCUT2D eigenvalue weighted by atomic mass is 9.85. The van der Waals surface area contributed by atoms with E-state index in [1.807, 2.05) is 86.3 Å². The molecule has 0 bridgehead atoms. The van der Waals surface area contributed by atoms with Gasteiger partial charge in [0.05, 0.1) is 6.04 Å². The topological polar surface area (TPSA) is 49.9 Å².